The molecule has 0 saturated heterocycles. The number of rotatable bonds is 6. The number of hydrogen-bond donors (Lipinski definition) is 1. The lowest BCUT2D eigenvalue weighted by molar-refractivity contribution is -0.148. The van der Waals surface area contributed by atoms with E-state index in [1.54, 1.807) is 12.1 Å². The third-order valence-corrected chi connectivity index (χ3v) is 6.19. The van der Waals surface area contributed by atoms with Crippen molar-refractivity contribution >= 4 is 22.7 Å². The molecule has 0 heterocycles. The van der Waals surface area contributed by atoms with Crippen molar-refractivity contribution in [3.63, 3.8) is 0 Å². The highest BCUT2D eigenvalue weighted by Gasteiger charge is 2.31. The lowest BCUT2D eigenvalue weighted by Crippen LogP contribution is -2.31. The lowest BCUT2D eigenvalue weighted by Gasteiger charge is -2.36. The second-order valence-corrected chi connectivity index (χ2v) is 9.52. The van der Waals surface area contributed by atoms with Crippen LogP contribution in [0.4, 0.5) is 0 Å². The first-order chi connectivity index (χ1) is 12.1. The molecule has 1 aliphatic carbocycles. The quantitative estimate of drug-likeness (QED) is 0.760. The van der Waals surface area contributed by atoms with E-state index in [-0.39, 0.29) is 28.6 Å². The molecule has 1 aliphatic rings. The fourth-order valence-corrected chi connectivity index (χ4v) is 4.41. The van der Waals surface area contributed by atoms with E-state index in [9.17, 15) is 13.8 Å². The molecule has 0 amide bonds. The summed E-state index contributed by atoms with van der Waals surface area (Å²) >= 11 is 0. The normalized spacial score (nSPS) is 21.8. The zero-order valence-corrected chi connectivity index (χ0v) is 16.5. The third-order valence-electron chi connectivity index (χ3n) is 4.98. The van der Waals surface area contributed by atoms with Crippen LogP contribution in [0.2, 0.25) is 0 Å². The number of benzene rings is 1. The second kappa shape index (κ2) is 8.80. The van der Waals surface area contributed by atoms with Gasteiger partial charge < -0.3 is 9.84 Å². The fraction of sp³-hybridized carbons (Fsp3) is 0.600. The van der Waals surface area contributed by atoms with Crippen molar-refractivity contribution in [2.24, 2.45) is 11.3 Å². The van der Waals surface area contributed by atoms with Gasteiger partial charge in [-0.15, -0.1) is 0 Å². The molecule has 1 unspecified atom stereocenters. The predicted octanol–water partition coefficient (Wildman–Crippen LogP) is 3.78. The molecule has 2 rings (SSSR count). The van der Waals surface area contributed by atoms with Crippen molar-refractivity contribution < 1.29 is 23.6 Å². The van der Waals surface area contributed by atoms with Gasteiger partial charge in [-0.25, -0.2) is 4.79 Å². The molecule has 1 aromatic carbocycles. The molecular formula is C20H28O5S. The molecule has 144 valence electrons. The van der Waals surface area contributed by atoms with Crippen LogP contribution in [-0.4, -0.2) is 33.1 Å². The Bertz CT molecular complexity index is 669. The van der Waals surface area contributed by atoms with E-state index < -0.39 is 22.7 Å². The van der Waals surface area contributed by atoms with Crippen molar-refractivity contribution in [3.05, 3.63) is 35.4 Å². The molecule has 26 heavy (non-hydrogen) atoms. The van der Waals surface area contributed by atoms with Crippen LogP contribution in [0.15, 0.2) is 24.3 Å². The summed E-state index contributed by atoms with van der Waals surface area (Å²) in [6.07, 6.45) is 3.74. The number of ether oxygens (including phenoxy) is 1. The number of carboxylic acids is 1. The van der Waals surface area contributed by atoms with Crippen LogP contribution in [-0.2, 0) is 26.1 Å². The summed E-state index contributed by atoms with van der Waals surface area (Å²) in [7, 11) is -1.42. The van der Waals surface area contributed by atoms with Crippen molar-refractivity contribution in [2.45, 2.75) is 58.3 Å². The first kappa shape index (κ1) is 20.6. The summed E-state index contributed by atoms with van der Waals surface area (Å²) in [6, 6.07) is 6.29. The maximum absolute atomic E-state index is 12.2. The van der Waals surface area contributed by atoms with Gasteiger partial charge in [0.1, 0.15) is 11.9 Å². The minimum atomic E-state index is -1.42. The van der Waals surface area contributed by atoms with Crippen molar-refractivity contribution in [1.82, 2.24) is 0 Å². The Labute approximate surface area is 157 Å². The number of carbonyl (C=O) groups is 2. The van der Waals surface area contributed by atoms with Gasteiger partial charge in [0.15, 0.2) is 0 Å². The standard InChI is InChI=1S/C20H28O5S/c1-20(2,3)16-7-9-17(10-8-16)25-18(21)13-26(24)12-14-5-4-6-15(11-14)19(22)23/h4-6,11,16-17H,7-10,12-13H2,1-3H3,(H,22,23). The lowest BCUT2D eigenvalue weighted by atomic mass is 9.72. The van der Waals surface area contributed by atoms with Crippen molar-refractivity contribution in [1.29, 1.82) is 0 Å². The van der Waals surface area contributed by atoms with Gasteiger partial charge in [0, 0.05) is 16.6 Å². The molecule has 6 heteroatoms. The van der Waals surface area contributed by atoms with E-state index >= 15 is 0 Å². The Morgan fingerprint density at radius 1 is 1.19 bits per heavy atom. The van der Waals surface area contributed by atoms with Crippen molar-refractivity contribution in [2.75, 3.05) is 5.75 Å². The Morgan fingerprint density at radius 2 is 1.85 bits per heavy atom. The predicted molar refractivity (Wildman–Crippen MR) is 101 cm³/mol. The highest BCUT2D eigenvalue weighted by atomic mass is 32.2. The molecule has 0 aromatic heterocycles. The summed E-state index contributed by atoms with van der Waals surface area (Å²) in [5, 5.41) is 8.99. The van der Waals surface area contributed by atoms with Gasteiger partial charge in [0.05, 0.1) is 5.56 Å². The van der Waals surface area contributed by atoms with Gasteiger partial charge in [-0.3, -0.25) is 9.00 Å². The number of hydrogen-bond acceptors (Lipinski definition) is 4. The number of aromatic carboxylic acids is 1. The Hall–Kier alpha value is -1.69. The van der Waals surface area contributed by atoms with Crippen LogP contribution < -0.4 is 0 Å². The highest BCUT2D eigenvalue weighted by molar-refractivity contribution is 7.84. The van der Waals surface area contributed by atoms with E-state index in [2.05, 4.69) is 20.8 Å². The molecule has 1 fully saturated rings. The van der Waals surface area contributed by atoms with E-state index in [1.165, 1.54) is 12.1 Å². The molecule has 0 spiro atoms. The van der Waals surface area contributed by atoms with Gasteiger partial charge >= 0.3 is 11.9 Å². The molecule has 1 atom stereocenters. The molecular weight excluding hydrogens is 352 g/mol. The highest BCUT2D eigenvalue weighted by Crippen LogP contribution is 2.38. The van der Waals surface area contributed by atoms with Gasteiger partial charge in [-0.2, -0.15) is 0 Å². The average Bonchev–Trinajstić information content (AvgIpc) is 2.54. The van der Waals surface area contributed by atoms with Gasteiger partial charge in [-0.1, -0.05) is 32.9 Å². The van der Waals surface area contributed by atoms with Crippen LogP contribution in [0.1, 0.15) is 62.4 Å². The maximum Gasteiger partial charge on any atom is 0.335 e. The summed E-state index contributed by atoms with van der Waals surface area (Å²) in [5.74, 6) is -0.823. The number of carboxylic acid groups (broad SMARTS) is 1. The van der Waals surface area contributed by atoms with E-state index in [0.717, 1.165) is 25.7 Å². The maximum atomic E-state index is 12.2. The minimum Gasteiger partial charge on any atom is -0.478 e. The average molecular weight is 381 g/mol. The summed E-state index contributed by atoms with van der Waals surface area (Å²) in [6.45, 7) is 6.73. The number of esters is 1. The first-order valence-electron chi connectivity index (χ1n) is 9.02. The summed E-state index contributed by atoms with van der Waals surface area (Å²) < 4.78 is 17.7. The molecule has 5 nitrogen and oxygen atoms in total. The van der Waals surface area contributed by atoms with E-state index in [4.69, 9.17) is 9.84 Å². The van der Waals surface area contributed by atoms with Crippen molar-refractivity contribution in [3.8, 4) is 0 Å². The molecule has 1 N–H and O–H groups in total. The Balaban J connectivity index is 1.78. The molecule has 0 radical (unpaired) electrons. The smallest absolute Gasteiger partial charge is 0.335 e. The summed E-state index contributed by atoms with van der Waals surface area (Å²) in [5.41, 5.74) is 1.07. The topological polar surface area (TPSA) is 80.7 Å². The third kappa shape index (κ3) is 6.24. The van der Waals surface area contributed by atoms with Gasteiger partial charge in [-0.05, 0) is 54.7 Å². The number of carbonyl (C=O) groups excluding carboxylic acids is 1. The molecule has 1 aromatic rings. The van der Waals surface area contributed by atoms with E-state index in [0.29, 0.717) is 11.5 Å². The van der Waals surface area contributed by atoms with Crippen LogP contribution >= 0.6 is 0 Å². The van der Waals surface area contributed by atoms with Crippen LogP contribution in [0.5, 0.6) is 0 Å². The fourth-order valence-electron chi connectivity index (χ4n) is 3.43. The van der Waals surface area contributed by atoms with Crippen LogP contribution in [0.3, 0.4) is 0 Å². The van der Waals surface area contributed by atoms with Gasteiger partial charge in [0.25, 0.3) is 0 Å². The SMILES string of the molecule is CC(C)(C)C1CCC(OC(=O)CS(=O)Cc2cccc(C(=O)O)c2)CC1. The Morgan fingerprint density at radius 3 is 2.42 bits per heavy atom. The first-order valence-corrected chi connectivity index (χ1v) is 10.5. The molecule has 1 saturated carbocycles. The zero-order valence-electron chi connectivity index (χ0n) is 15.7. The second-order valence-electron chi connectivity index (χ2n) is 8.06. The van der Waals surface area contributed by atoms with Crippen LogP contribution in [0, 0.1) is 11.3 Å². The van der Waals surface area contributed by atoms with Gasteiger partial charge in [0.2, 0.25) is 0 Å². The molecule has 0 bridgehead atoms. The largest absolute Gasteiger partial charge is 0.478 e. The van der Waals surface area contributed by atoms with Crippen LogP contribution in [0.25, 0.3) is 0 Å². The van der Waals surface area contributed by atoms with E-state index in [1.807, 2.05) is 0 Å². The monoisotopic (exact) mass is 380 g/mol. The zero-order chi connectivity index (χ0) is 19.3. The molecule has 0 aliphatic heterocycles. The minimum absolute atomic E-state index is 0.0755. The Kier molecular flexibility index (Phi) is 6.98. The summed E-state index contributed by atoms with van der Waals surface area (Å²) in [4.78, 5) is 23.0.